The summed E-state index contributed by atoms with van der Waals surface area (Å²) in [5.74, 6) is -0.326. The highest BCUT2D eigenvalue weighted by Gasteiger charge is 2.22. The molecule has 0 saturated heterocycles. The number of amides is 2. The molecule has 0 atom stereocenters. The van der Waals surface area contributed by atoms with Gasteiger partial charge in [-0.1, -0.05) is 13.8 Å². The molecule has 10 nitrogen and oxygen atoms in total. The second kappa shape index (κ2) is 10.8. The van der Waals surface area contributed by atoms with Crippen molar-refractivity contribution in [2.75, 3.05) is 34.4 Å². The number of hydrazine groups is 1. The zero-order chi connectivity index (χ0) is 23.9. The number of hydrogen-bond donors (Lipinski definition) is 2. The molecule has 2 rings (SSSR count). The first kappa shape index (κ1) is 25.0. The third-order valence-electron chi connectivity index (χ3n) is 4.68. The molecule has 0 bridgehead atoms. The first-order chi connectivity index (χ1) is 15.2. The van der Waals surface area contributed by atoms with Crippen LogP contribution in [0.1, 0.15) is 34.6 Å². The van der Waals surface area contributed by atoms with Crippen molar-refractivity contribution < 1.29 is 32.2 Å². The van der Waals surface area contributed by atoms with Gasteiger partial charge in [0, 0.05) is 24.2 Å². The molecule has 2 N–H and O–H groups in total. The molecule has 0 saturated carbocycles. The maximum atomic E-state index is 12.5. The molecule has 0 heterocycles. The molecule has 2 aromatic rings. The van der Waals surface area contributed by atoms with E-state index in [1.807, 2.05) is 0 Å². The monoisotopic (exact) mass is 465 g/mol. The van der Waals surface area contributed by atoms with Crippen molar-refractivity contribution in [3.05, 3.63) is 47.5 Å². The predicted octanol–water partition coefficient (Wildman–Crippen LogP) is 1.82. The number of sulfonamides is 1. The molecule has 32 heavy (non-hydrogen) atoms. The number of carbonyl (C=O) groups is 2. The highest BCUT2D eigenvalue weighted by Crippen LogP contribution is 2.38. The fourth-order valence-corrected chi connectivity index (χ4v) is 4.42. The minimum Gasteiger partial charge on any atom is -0.493 e. The molecule has 0 aliphatic heterocycles. The van der Waals surface area contributed by atoms with Crippen LogP contribution in [0.25, 0.3) is 0 Å². The molecule has 0 radical (unpaired) electrons. The summed E-state index contributed by atoms with van der Waals surface area (Å²) in [6.45, 7) is 4.18. The smallest absolute Gasteiger partial charge is 0.269 e. The molecule has 0 aliphatic rings. The van der Waals surface area contributed by atoms with Crippen LogP contribution >= 0.6 is 0 Å². The zero-order valence-corrected chi connectivity index (χ0v) is 19.4. The van der Waals surface area contributed by atoms with Gasteiger partial charge in [-0.15, -0.1) is 0 Å². The molecule has 0 unspecified atom stereocenters. The first-order valence-electron chi connectivity index (χ1n) is 9.74. The van der Waals surface area contributed by atoms with E-state index >= 15 is 0 Å². The van der Waals surface area contributed by atoms with Gasteiger partial charge in [-0.05, 0) is 36.4 Å². The lowest BCUT2D eigenvalue weighted by Crippen LogP contribution is -2.41. The van der Waals surface area contributed by atoms with Crippen molar-refractivity contribution in [2.24, 2.45) is 0 Å². The van der Waals surface area contributed by atoms with Crippen LogP contribution in [0.5, 0.6) is 17.2 Å². The average Bonchev–Trinajstić information content (AvgIpc) is 2.81. The third-order valence-corrected chi connectivity index (χ3v) is 6.74. The topological polar surface area (TPSA) is 123 Å². The number of methoxy groups -OCH3 is 3. The molecule has 2 aromatic carbocycles. The zero-order valence-electron chi connectivity index (χ0n) is 18.6. The maximum Gasteiger partial charge on any atom is 0.269 e. The van der Waals surface area contributed by atoms with Crippen LogP contribution in [0.15, 0.2) is 41.3 Å². The van der Waals surface area contributed by atoms with E-state index in [9.17, 15) is 18.0 Å². The van der Waals surface area contributed by atoms with Gasteiger partial charge in [-0.2, -0.15) is 4.31 Å². The fraction of sp³-hybridized carbons (Fsp3) is 0.333. The minimum atomic E-state index is -3.63. The Kier molecular flexibility index (Phi) is 8.44. The Labute approximate surface area is 187 Å². The average molecular weight is 466 g/mol. The lowest BCUT2D eigenvalue weighted by atomic mass is 10.1. The summed E-state index contributed by atoms with van der Waals surface area (Å²) in [6.07, 6.45) is 0. The van der Waals surface area contributed by atoms with E-state index in [1.54, 1.807) is 13.8 Å². The summed E-state index contributed by atoms with van der Waals surface area (Å²) in [4.78, 5) is 24.9. The number of hydrogen-bond acceptors (Lipinski definition) is 7. The SMILES string of the molecule is CCN(CC)S(=O)(=O)c1ccc(C(=O)NNC(=O)c2cc(OC)c(OC)c(OC)c2)cc1. The van der Waals surface area contributed by atoms with Crippen LogP contribution in [0.2, 0.25) is 0 Å². The van der Waals surface area contributed by atoms with Crippen LogP contribution in [0.4, 0.5) is 0 Å². The van der Waals surface area contributed by atoms with Gasteiger partial charge in [0.1, 0.15) is 0 Å². The highest BCUT2D eigenvalue weighted by atomic mass is 32.2. The predicted molar refractivity (Wildman–Crippen MR) is 118 cm³/mol. The van der Waals surface area contributed by atoms with Gasteiger partial charge in [0.05, 0.1) is 26.2 Å². The summed E-state index contributed by atoms with van der Waals surface area (Å²) in [6, 6.07) is 8.33. The molecule has 174 valence electrons. The van der Waals surface area contributed by atoms with Crippen LogP contribution in [-0.2, 0) is 10.0 Å². The molecule has 11 heteroatoms. The normalized spacial score (nSPS) is 11.1. The number of nitrogens with one attached hydrogen (secondary N) is 2. The van der Waals surface area contributed by atoms with Crippen LogP contribution < -0.4 is 25.1 Å². The molecular formula is C21H27N3O7S. The highest BCUT2D eigenvalue weighted by molar-refractivity contribution is 7.89. The van der Waals surface area contributed by atoms with Crippen molar-refractivity contribution in [3.63, 3.8) is 0 Å². The molecular weight excluding hydrogens is 438 g/mol. The first-order valence-corrected chi connectivity index (χ1v) is 11.2. The summed E-state index contributed by atoms with van der Waals surface area (Å²) >= 11 is 0. The molecule has 0 aliphatic carbocycles. The van der Waals surface area contributed by atoms with Gasteiger partial charge in [-0.25, -0.2) is 8.42 Å². The van der Waals surface area contributed by atoms with Crippen molar-refractivity contribution >= 4 is 21.8 Å². The lowest BCUT2D eigenvalue weighted by molar-refractivity contribution is 0.0846. The Balaban J connectivity index is 2.12. The van der Waals surface area contributed by atoms with E-state index in [4.69, 9.17) is 14.2 Å². The Morgan fingerprint density at radius 2 is 1.28 bits per heavy atom. The minimum absolute atomic E-state index is 0.0826. The van der Waals surface area contributed by atoms with Crippen molar-refractivity contribution in [1.82, 2.24) is 15.2 Å². The van der Waals surface area contributed by atoms with E-state index in [1.165, 1.54) is 62.0 Å². The van der Waals surface area contributed by atoms with E-state index < -0.39 is 21.8 Å². The fourth-order valence-electron chi connectivity index (χ4n) is 2.96. The molecule has 0 fully saturated rings. The second-order valence-electron chi connectivity index (χ2n) is 6.44. The van der Waals surface area contributed by atoms with Crippen molar-refractivity contribution in [3.8, 4) is 17.2 Å². The number of rotatable bonds is 9. The van der Waals surface area contributed by atoms with Crippen LogP contribution in [0, 0.1) is 0 Å². The van der Waals surface area contributed by atoms with E-state index in [2.05, 4.69) is 10.9 Å². The third kappa shape index (κ3) is 5.29. The van der Waals surface area contributed by atoms with Crippen LogP contribution in [0.3, 0.4) is 0 Å². The number of carbonyl (C=O) groups excluding carboxylic acids is 2. The van der Waals surface area contributed by atoms with Crippen LogP contribution in [-0.4, -0.2) is 59.0 Å². The van der Waals surface area contributed by atoms with Gasteiger partial charge >= 0.3 is 0 Å². The molecule has 0 aromatic heterocycles. The maximum absolute atomic E-state index is 12.5. The van der Waals surface area contributed by atoms with E-state index in [0.717, 1.165) is 0 Å². The Bertz CT molecular complexity index is 1040. The van der Waals surface area contributed by atoms with Gasteiger partial charge in [0.2, 0.25) is 15.8 Å². The Morgan fingerprint density at radius 3 is 1.69 bits per heavy atom. The number of benzene rings is 2. The van der Waals surface area contributed by atoms with E-state index in [0.29, 0.717) is 18.8 Å². The standard InChI is InChI=1S/C21H27N3O7S/c1-6-24(7-2)32(27,28)16-10-8-14(9-11-16)20(25)22-23-21(26)15-12-17(29-3)19(31-5)18(13-15)30-4/h8-13H,6-7H2,1-5H3,(H,22,25)(H,23,26). The number of ether oxygens (including phenoxy) is 3. The molecule has 2 amide bonds. The number of nitrogens with zero attached hydrogens (tertiary/aromatic N) is 1. The largest absolute Gasteiger partial charge is 0.493 e. The van der Waals surface area contributed by atoms with Gasteiger partial charge in [-0.3, -0.25) is 20.4 Å². The summed E-state index contributed by atoms with van der Waals surface area (Å²) in [5.41, 5.74) is 4.94. The molecule has 0 spiro atoms. The van der Waals surface area contributed by atoms with Crippen molar-refractivity contribution in [1.29, 1.82) is 0 Å². The Hall–Kier alpha value is -3.31. The van der Waals surface area contributed by atoms with E-state index in [-0.39, 0.29) is 27.5 Å². The van der Waals surface area contributed by atoms with Gasteiger partial charge in [0.25, 0.3) is 11.8 Å². The summed E-state index contributed by atoms with van der Waals surface area (Å²) in [5, 5.41) is 0. The van der Waals surface area contributed by atoms with Crippen molar-refractivity contribution in [2.45, 2.75) is 18.7 Å². The Morgan fingerprint density at radius 1 is 0.812 bits per heavy atom. The lowest BCUT2D eigenvalue weighted by Gasteiger charge is -2.18. The van der Waals surface area contributed by atoms with Gasteiger partial charge < -0.3 is 14.2 Å². The quantitative estimate of drug-likeness (QED) is 0.542. The summed E-state index contributed by atoms with van der Waals surface area (Å²) in [7, 11) is 0.660. The second-order valence-corrected chi connectivity index (χ2v) is 8.37. The summed E-state index contributed by atoms with van der Waals surface area (Å²) < 4.78 is 42.0. The van der Waals surface area contributed by atoms with Gasteiger partial charge in [0.15, 0.2) is 11.5 Å².